The third kappa shape index (κ3) is 3.73. The average molecular weight is 474 g/mol. The molecule has 3 N–H and O–H groups in total. The molecule has 0 spiro atoms. The van der Waals surface area contributed by atoms with Gasteiger partial charge in [-0.15, -0.1) is 0 Å². The molecule has 178 valence electrons. The molecule has 5 aromatic rings. The van der Waals surface area contributed by atoms with E-state index in [2.05, 4.69) is 56.2 Å². The van der Waals surface area contributed by atoms with Gasteiger partial charge in [0, 0.05) is 49.2 Å². The SMILES string of the molecule is Nc1ncccc1-c1nc2ccc(-c3ccccc3)nc2n1-c1ccc(CN2CC3CC(C2)N3)cc1. The second-order valence-electron chi connectivity index (χ2n) is 9.77. The van der Waals surface area contributed by atoms with E-state index in [1.807, 2.05) is 42.5 Å². The number of pyridine rings is 2. The summed E-state index contributed by atoms with van der Waals surface area (Å²) in [6.07, 6.45) is 3.02. The van der Waals surface area contributed by atoms with Gasteiger partial charge in [0.1, 0.15) is 11.3 Å². The van der Waals surface area contributed by atoms with Crippen molar-refractivity contribution in [2.75, 3.05) is 18.8 Å². The molecule has 0 aliphatic carbocycles. The van der Waals surface area contributed by atoms with Gasteiger partial charge in [-0.2, -0.15) is 0 Å². The Labute approximate surface area is 209 Å². The van der Waals surface area contributed by atoms with E-state index in [-0.39, 0.29) is 0 Å². The van der Waals surface area contributed by atoms with Crippen LogP contribution in [0.5, 0.6) is 0 Å². The number of hydrogen-bond donors (Lipinski definition) is 2. The number of fused-ring (bicyclic) bond motifs is 3. The third-order valence-electron chi connectivity index (χ3n) is 7.25. The maximum atomic E-state index is 6.29. The van der Waals surface area contributed by atoms with Crippen LogP contribution < -0.4 is 11.1 Å². The van der Waals surface area contributed by atoms with E-state index in [9.17, 15) is 0 Å². The van der Waals surface area contributed by atoms with Crippen molar-refractivity contribution in [2.45, 2.75) is 25.0 Å². The summed E-state index contributed by atoms with van der Waals surface area (Å²) in [6, 6.07) is 28.2. The minimum absolute atomic E-state index is 0.450. The van der Waals surface area contributed by atoms with E-state index in [4.69, 9.17) is 15.7 Å². The number of rotatable bonds is 5. The Bertz CT molecular complexity index is 1530. The number of aromatic nitrogens is 4. The van der Waals surface area contributed by atoms with Crippen molar-refractivity contribution in [3.63, 3.8) is 0 Å². The van der Waals surface area contributed by atoms with Crippen LogP contribution >= 0.6 is 0 Å². The number of piperidine rings is 1. The van der Waals surface area contributed by atoms with Gasteiger partial charge in [0.2, 0.25) is 0 Å². The topological polar surface area (TPSA) is 84.9 Å². The molecule has 8 rings (SSSR count). The second-order valence-corrected chi connectivity index (χ2v) is 9.77. The van der Waals surface area contributed by atoms with Crippen molar-refractivity contribution in [1.82, 2.24) is 29.7 Å². The van der Waals surface area contributed by atoms with Gasteiger partial charge in [-0.1, -0.05) is 42.5 Å². The zero-order valence-electron chi connectivity index (χ0n) is 19.9. The Kier molecular flexibility index (Phi) is 5.04. The van der Waals surface area contributed by atoms with Crippen LogP contribution in [0.25, 0.3) is 39.5 Å². The number of hydrogen-bond acceptors (Lipinski definition) is 6. The highest BCUT2D eigenvalue weighted by molar-refractivity contribution is 5.84. The highest BCUT2D eigenvalue weighted by atomic mass is 15.3. The standard InChI is InChI=1S/C29H27N7/c30-27-24(7-4-14-31-27)28-34-26-13-12-25(20-5-2-1-3-6-20)33-29(26)36(28)23-10-8-19(9-11-23)16-35-17-21-15-22(18-35)32-21/h1-14,21-22,32H,15-18H2,(H2,30,31). The number of nitrogens with one attached hydrogen (secondary N) is 1. The Morgan fingerprint density at radius 2 is 1.64 bits per heavy atom. The highest BCUT2D eigenvalue weighted by Gasteiger charge is 2.36. The molecular weight excluding hydrogens is 446 g/mol. The Morgan fingerprint density at radius 1 is 0.861 bits per heavy atom. The lowest BCUT2D eigenvalue weighted by atomic mass is 9.91. The number of piperazine rings is 1. The number of nitrogens with two attached hydrogens (primary N) is 1. The summed E-state index contributed by atoms with van der Waals surface area (Å²) in [5, 5.41) is 3.61. The largest absolute Gasteiger partial charge is 0.383 e. The zero-order valence-corrected chi connectivity index (χ0v) is 19.9. The van der Waals surface area contributed by atoms with Crippen molar-refractivity contribution in [1.29, 1.82) is 0 Å². The normalized spacial score (nSPS) is 19.3. The molecule has 2 atom stereocenters. The van der Waals surface area contributed by atoms with Gasteiger partial charge in [-0.25, -0.2) is 15.0 Å². The van der Waals surface area contributed by atoms with Gasteiger partial charge >= 0.3 is 0 Å². The summed E-state index contributed by atoms with van der Waals surface area (Å²) < 4.78 is 2.10. The zero-order chi connectivity index (χ0) is 24.1. The summed E-state index contributed by atoms with van der Waals surface area (Å²) in [6.45, 7) is 3.22. The van der Waals surface area contributed by atoms with Crippen molar-refractivity contribution in [3.05, 3.63) is 90.6 Å². The number of nitrogen functional groups attached to an aromatic ring is 1. The minimum atomic E-state index is 0.450. The van der Waals surface area contributed by atoms with Gasteiger partial charge in [-0.05, 0) is 48.4 Å². The quantitative estimate of drug-likeness (QED) is 0.396. The van der Waals surface area contributed by atoms with E-state index in [0.717, 1.165) is 59.1 Å². The molecule has 3 aliphatic heterocycles. The van der Waals surface area contributed by atoms with E-state index >= 15 is 0 Å². The van der Waals surface area contributed by atoms with Crippen LogP contribution in [0.1, 0.15) is 12.0 Å². The van der Waals surface area contributed by atoms with Crippen LogP contribution in [-0.4, -0.2) is 49.6 Å². The molecule has 2 aromatic carbocycles. The van der Waals surface area contributed by atoms with Gasteiger partial charge in [-0.3, -0.25) is 9.47 Å². The fraction of sp³-hybridized carbons (Fsp3) is 0.207. The van der Waals surface area contributed by atoms with Crippen molar-refractivity contribution in [3.8, 4) is 28.3 Å². The number of nitrogens with zero attached hydrogens (tertiary/aromatic N) is 5. The van der Waals surface area contributed by atoms with Crippen molar-refractivity contribution < 1.29 is 0 Å². The van der Waals surface area contributed by atoms with Crippen molar-refractivity contribution >= 4 is 17.0 Å². The monoisotopic (exact) mass is 473 g/mol. The maximum Gasteiger partial charge on any atom is 0.165 e. The first-order chi connectivity index (χ1) is 17.7. The summed E-state index contributed by atoms with van der Waals surface area (Å²) in [7, 11) is 0. The van der Waals surface area contributed by atoms with Crippen LogP contribution in [0, 0.1) is 0 Å². The fourth-order valence-electron chi connectivity index (χ4n) is 5.50. The first-order valence-corrected chi connectivity index (χ1v) is 12.4. The first kappa shape index (κ1) is 21.2. The molecular formula is C29H27N7. The molecule has 3 aromatic heterocycles. The molecule has 0 radical (unpaired) electrons. The summed E-state index contributed by atoms with van der Waals surface area (Å²) in [5.74, 6) is 1.19. The molecule has 6 heterocycles. The van der Waals surface area contributed by atoms with Crippen LogP contribution in [-0.2, 0) is 6.54 Å². The number of anilines is 1. The average Bonchev–Trinajstić information content (AvgIpc) is 3.28. The van der Waals surface area contributed by atoms with Crippen LogP contribution in [0.2, 0.25) is 0 Å². The predicted octanol–water partition coefficient (Wildman–Crippen LogP) is 4.28. The van der Waals surface area contributed by atoms with Crippen LogP contribution in [0.3, 0.4) is 0 Å². The minimum Gasteiger partial charge on any atom is -0.383 e. The van der Waals surface area contributed by atoms with E-state index in [0.29, 0.717) is 17.9 Å². The van der Waals surface area contributed by atoms with Crippen LogP contribution in [0.15, 0.2) is 85.1 Å². The van der Waals surface area contributed by atoms with E-state index in [1.165, 1.54) is 12.0 Å². The van der Waals surface area contributed by atoms with Gasteiger partial charge in [0.15, 0.2) is 11.5 Å². The van der Waals surface area contributed by atoms with Gasteiger partial charge in [0.05, 0.1) is 11.3 Å². The summed E-state index contributed by atoms with van der Waals surface area (Å²) in [5.41, 5.74) is 13.0. The maximum absolute atomic E-state index is 6.29. The smallest absolute Gasteiger partial charge is 0.165 e. The molecule has 2 bridgehead atoms. The second kappa shape index (κ2) is 8.55. The lowest BCUT2D eigenvalue weighted by Crippen LogP contribution is -2.66. The molecule has 0 saturated carbocycles. The van der Waals surface area contributed by atoms with Crippen LogP contribution in [0.4, 0.5) is 5.82 Å². The molecule has 7 heteroatoms. The third-order valence-corrected chi connectivity index (χ3v) is 7.25. The van der Waals surface area contributed by atoms with Gasteiger partial charge < -0.3 is 11.1 Å². The molecule has 7 nitrogen and oxygen atoms in total. The van der Waals surface area contributed by atoms with E-state index < -0.39 is 0 Å². The summed E-state index contributed by atoms with van der Waals surface area (Å²) >= 11 is 0. The van der Waals surface area contributed by atoms with E-state index in [1.54, 1.807) is 6.20 Å². The molecule has 36 heavy (non-hydrogen) atoms. The molecule has 3 aliphatic rings. The Morgan fingerprint density at radius 3 is 2.39 bits per heavy atom. The molecule has 3 saturated heterocycles. The lowest BCUT2D eigenvalue weighted by molar-refractivity contribution is 0.0726. The fourth-order valence-corrected chi connectivity index (χ4v) is 5.50. The Balaban J connectivity index is 1.31. The van der Waals surface area contributed by atoms with Gasteiger partial charge in [0.25, 0.3) is 0 Å². The molecule has 2 unspecified atom stereocenters. The van der Waals surface area contributed by atoms with Crippen molar-refractivity contribution in [2.24, 2.45) is 0 Å². The molecule has 3 fully saturated rings. The molecule has 0 amide bonds. The Hall–Kier alpha value is -4.07. The summed E-state index contributed by atoms with van der Waals surface area (Å²) in [4.78, 5) is 16.9. The number of imidazole rings is 1. The first-order valence-electron chi connectivity index (χ1n) is 12.4. The lowest BCUT2D eigenvalue weighted by Gasteiger charge is -2.48. The highest BCUT2D eigenvalue weighted by Crippen LogP contribution is 2.32. The number of benzene rings is 2. The predicted molar refractivity (Wildman–Crippen MR) is 143 cm³/mol.